The second-order valence-electron chi connectivity index (χ2n) is 4.25. The van der Waals surface area contributed by atoms with E-state index in [1.54, 1.807) is 0 Å². The molecule has 0 aliphatic carbocycles. The van der Waals surface area contributed by atoms with Crippen molar-refractivity contribution in [3.05, 3.63) is 38.2 Å². The zero-order valence-electron chi connectivity index (χ0n) is 10.3. The standard InChI is InChI=1S/C14H12N2OS2/c1-2-8-4-3-5-10-9(7-15-12(8)10)6-11-13(17)16-14(18)19-11/h3-7,17H,2H2,1H3,(H,16,18). The van der Waals surface area contributed by atoms with Gasteiger partial charge in [0, 0.05) is 17.4 Å². The van der Waals surface area contributed by atoms with Crippen LogP contribution in [0, 0.1) is 3.95 Å². The van der Waals surface area contributed by atoms with E-state index in [0.29, 0.717) is 3.95 Å². The number of aromatic nitrogens is 1. The van der Waals surface area contributed by atoms with Crippen molar-refractivity contribution in [2.45, 2.75) is 13.3 Å². The number of nitrogens with one attached hydrogen (secondary N) is 1. The van der Waals surface area contributed by atoms with E-state index < -0.39 is 0 Å². The van der Waals surface area contributed by atoms with Gasteiger partial charge < -0.3 is 10.1 Å². The van der Waals surface area contributed by atoms with Crippen molar-refractivity contribution in [3.63, 3.8) is 0 Å². The molecule has 2 aromatic rings. The molecule has 2 N–H and O–H groups in total. The fourth-order valence-electron chi connectivity index (χ4n) is 2.15. The molecule has 5 heteroatoms. The van der Waals surface area contributed by atoms with Gasteiger partial charge in [-0.1, -0.05) is 25.1 Å². The third-order valence-electron chi connectivity index (χ3n) is 3.09. The Morgan fingerprint density at radius 3 is 3.00 bits per heavy atom. The summed E-state index contributed by atoms with van der Waals surface area (Å²) in [7, 11) is 0. The minimum absolute atomic E-state index is 0.121. The van der Waals surface area contributed by atoms with Crippen molar-refractivity contribution >= 4 is 47.1 Å². The minimum atomic E-state index is 0.121. The number of hydrogen-bond acceptors (Lipinski definition) is 4. The molecule has 0 bridgehead atoms. The molecule has 0 spiro atoms. The lowest BCUT2D eigenvalue weighted by Gasteiger charge is -2.04. The highest BCUT2D eigenvalue weighted by Crippen LogP contribution is 2.37. The summed E-state index contributed by atoms with van der Waals surface area (Å²) < 4.78 is 0.571. The van der Waals surface area contributed by atoms with Crippen LogP contribution in [0.2, 0.25) is 0 Å². The van der Waals surface area contributed by atoms with E-state index in [4.69, 9.17) is 12.2 Å². The molecule has 1 aromatic heterocycles. The van der Waals surface area contributed by atoms with Crippen molar-refractivity contribution in [1.82, 2.24) is 4.98 Å². The van der Waals surface area contributed by atoms with Crippen LogP contribution in [0.1, 0.15) is 22.9 Å². The molecule has 0 fully saturated rings. The molecule has 0 amide bonds. The quantitative estimate of drug-likeness (QED) is 0.808. The maximum absolute atomic E-state index is 9.74. The lowest BCUT2D eigenvalue weighted by molar-refractivity contribution is 0.456. The molecule has 0 saturated carbocycles. The Balaban J connectivity index is 2.10. The van der Waals surface area contributed by atoms with E-state index >= 15 is 0 Å². The van der Waals surface area contributed by atoms with Crippen molar-refractivity contribution in [2.24, 2.45) is 4.99 Å². The second-order valence-corrected chi connectivity index (χ2v) is 5.97. The van der Waals surface area contributed by atoms with E-state index in [2.05, 4.69) is 29.0 Å². The highest BCUT2D eigenvalue weighted by molar-refractivity contribution is 7.73. The Morgan fingerprint density at radius 2 is 2.32 bits per heavy atom. The average Bonchev–Trinajstić information content (AvgIpc) is 2.94. The fraction of sp³-hybridized carbons (Fsp3) is 0.143. The van der Waals surface area contributed by atoms with Gasteiger partial charge in [-0.15, -0.1) is 11.3 Å². The third kappa shape index (κ3) is 2.15. The van der Waals surface area contributed by atoms with Crippen molar-refractivity contribution in [2.75, 3.05) is 0 Å². The number of benzene rings is 1. The summed E-state index contributed by atoms with van der Waals surface area (Å²) in [5.41, 5.74) is 4.39. The van der Waals surface area contributed by atoms with Gasteiger partial charge in [0.25, 0.3) is 0 Å². The Labute approximate surface area is 120 Å². The summed E-state index contributed by atoms with van der Waals surface area (Å²) in [4.78, 5) is 7.94. The van der Waals surface area contributed by atoms with Crippen LogP contribution in [-0.2, 0) is 6.42 Å². The lowest BCUT2D eigenvalue weighted by atomic mass is 10.0. The number of thiazole rings is 1. The number of aromatic amines is 1. The monoisotopic (exact) mass is 288 g/mol. The van der Waals surface area contributed by atoms with Gasteiger partial charge in [0.05, 0.1) is 10.6 Å². The maximum atomic E-state index is 9.74. The number of aromatic hydroxyl groups is 1. The van der Waals surface area contributed by atoms with Gasteiger partial charge in [0.2, 0.25) is 5.88 Å². The van der Waals surface area contributed by atoms with E-state index in [0.717, 1.165) is 28.1 Å². The topological polar surface area (TPSA) is 48.4 Å². The van der Waals surface area contributed by atoms with Crippen molar-refractivity contribution in [3.8, 4) is 5.88 Å². The molecule has 0 saturated heterocycles. The number of fused-ring (bicyclic) bond motifs is 1. The second kappa shape index (κ2) is 4.75. The number of nitrogens with zero attached hydrogens (tertiary/aromatic N) is 1. The van der Waals surface area contributed by atoms with Crippen LogP contribution in [0.3, 0.4) is 0 Å². The summed E-state index contributed by atoms with van der Waals surface area (Å²) in [6.07, 6.45) is 4.72. The zero-order chi connectivity index (χ0) is 13.4. The number of allylic oxidation sites excluding steroid dienone is 1. The first kappa shape index (κ1) is 12.3. The van der Waals surface area contributed by atoms with Crippen molar-refractivity contribution < 1.29 is 5.11 Å². The zero-order valence-corrected chi connectivity index (χ0v) is 11.9. The summed E-state index contributed by atoms with van der Waals surface area (Å²) in [5.74, 6) is 0.121. The normalized spacial score (nSPS) is 15.1. The average molecular weight is 288 g/mol. The van der Waals surface area contributed by atoms with E-state index in [1.807, 2.05) is 18.4 Å². The van der Waals surface area contributed by atoms with Gasteiger partial charge in [-0.25, -0.2) is 0 Å². The van der Waals surface area contributed by atoms with Gasteiger partial charge in [-0.05, 0) is 30.3 Å². The first-order valence-electron chi connectivity index (χ1n) is 5.99. The molecule has 0 unspecified atom stereocenters. The van der Waals surface area contributed by atoms with Crippen molar-refractivity contribution in [1.29, 1.82) is 0 Å². The molecule has 2 heterocycles. The van der Waals surface area contributed by atoms with Crippen LogP contribution < -0.4 is 0 Å². The number of H-pyrrole nitrogens is 1. The first-order valence-corrected chi connectivity index (χ1v) is 7.21. The third-order valence-corrected chi connectivity index (χ3v) is 4.26. The van der Waals surface area contributed by atoms with Crippen LogP contribution in [0.25, 0.3) is 11.6 Å². The molecule has 96 valence electrons. The molecule has 3 rings (SSSR count). The summed E-state index contributed by atoms with van der Waals surface area (Å²) in [5, 5.41) is 9.74. The Morgan fingerprint density at radius 1 is 1.47 bits per heavy atom. The van der Waals surface area contributed by atoms with Crippen LogP contribution >= 0.6 is 23.6 Å². The first-order chi connectivity index (χ1) is 9.19. The van der Waals surface area contributed by atoms with Gasteiger partial charge in [0.1, 0.15) is 0 Å². The smallest absolute Gasteiger partial charge is 0.207 e. The molecule has 1 aromatic carbocycles. The number of hydrogen-bond donors (Lipinski definition) is 2. The number of aryl methyl sites for hydroxylation is 1. The molecular formula is C14H12N2OS2. The van der Waals surface area contributed by atoms with Gasteiger partial charge in [0.15, 0.2) is 3.95 Å². The van der Waals surface area contributed by atoms with Gasteiger partial charge in [-0.2, -0.15) is 0 Å². The van der Waals surface area contributed by atoms with Gasteiger partial charge >= 0.3 is 0 Å². The predicted octanol–water partition coefficient (Wildman–Crippen LogP) is 4.33. The van der Waals surface area contributed by atoms with E-state index in [-0.39, 0.29) is 5.88 Å². The van der Waals surface area contributed by atoms with Crippen LogP contribution in [-0.4, -0.2) is 16.3 Å². The summed E-state index contributed by atoms with van der Waals surface area (Å²) >= 11 is 6.38. The lowest BCUT2D eigenvalue weighted by Crippen LogP contribution is -1.84. The predicted molar refractivity (Wildman–Crippen MR) is 83.0 cm³/mol. The molecule has 0 radical (unpaired) electrons. The van der Waals surface area contributed by atoms with E-state index in [9.17, 15) is 5.11 Å². The number of para-hydroxylation sites is 1. The summed E-state index contributed by atoms with van der Waals surface area (Å²) in [6, 6.07) is 6.19. The molecule has 19 heavy (non-hydrogen) atoms. The fourth-order valence-corrected chi connectivity index (χ4v) is 3.20. The molecule has 3 nitrogen and oxygen atoms in total. The van der Waals surface area contributed by atoms with Crippen LogP contribution in [0.4, 0.5) is 5.69 Å². The van der Waals surface area contributed by atoms with Crippen LogP contribution in [0.5, 0.6) is 5.88 Å². The number of rotatable bonds is 2. The number of aliphatic imine (C=N–C) groups is 1. The highest BCUT2D eigenvalue weighted by Gasteiger charge is 2.15. The Kier molecular flexibility index (Phi) is 3.08. The van der Waals surface area contributed by atoms with Crippen LogP contribution in [0.15, 0.2) is 23.2 Å². The SMILES string of the molecule is CCc1cccc2c1N=CC2=Cc1sc(=S)[nH]c1O. The highest BCUT2D eigenvalue weighted by atomic mass is 32.1. The molecule has 1 aliphatic heterocycles. The maximum Gasteiger partial charge on any atom is 0.207 e. The molecular weight excluding hydrogens is 276 g/mol. The molecule has 1 aliphatic rings. The van der Waals surface area contributed by atoms with E-state index in [1.165, 1.54) is 16.9 Å². The Bertz CT molecular complexity index is 753. The largest absolute Gasteiger partial charge is 0.494 e. The molecule has 0 atom stereocenters. The Hall–Kier alpha value is -1.72. The minimum Gasteiger partial charge on any atom is -0.494 e. The summed E-state index contributed by atoms with van der Waals surface area (Å²) in [6.45, 7) is 2.12. The van der Waals surface area contributed by atoms with Gasteiger partial charge in [-0.3, -0.25) is 4.99 Å².